The maximum atomic E-state index is 13.4. The standard InChI is InChI=1S/C20H19FN6O2/c21-11-2-1-3-12(6-11)26-20(29)15-8-23-9-17(15)27-16-5-4-13(19(22)28)18-14(16)7-24-10-25-18/h1-7,10,15,17,23,27H,8-9H2,(H2,22,28)(H,26,29). The average Bonchev–Trinajstić information content (AvgIpc) is 3.16. The molecular weight excluding hydrogens is 375 g/mol. The second-order valence-corrected chi connectivity index (χ2v) is 6.83. The van der Waals surface area contributed by atoms with Gasteiger partial charge in [-0.25, -0.2) is 14.4 Å². The molecule has 5 N–H and O–H groups in total. The number of amides is 2. The number of hydrogen-bond donors (Lipinski definition) is 4. The molecule has 8 nitrogen and oxygen atoms in total. The predicted molar refractivity (Wildman–Crippen MR) is 107 cm³/mol. The third-order valence-corrected chi connectivity index (χ3v) is 4.92. The second-order valence-electron chi connectivity index (χ2n) is 6.83. The van der Waals surface area contributed by atoms with Crippen molar-refractivity contribution in [3.05, 3.63) is 60.3 Å². The van der Waals surface area contributed by atoms with Gasteiger partial charge in [0.25, 0.3) is 5.91 Å². The van der Waals surface area contributed by atoms with Crippen LogP contribution in [0.15, 0.2) is 48.9 Å². The summed E-state index contributed by atoms with van der Waals surface area (Å²) in [6.07, 6.45) is 2.95. The molecule has 9 heteroatoms. The van der Waals surface area contributed by atoms with Crippen LogP contribution < -0.4 is 21.7 Å². The number of primary amides is 1. The molecule has 0 radical (unpaired) electrons. The van der Waals surface area contributed by atoms with Gasteiger partial charge in [-0.05, 0) is 30.3 Å². The Labute approximate surface area is 165 Å². The van der Waals surface area contributed by atoms with E-state index >= 15 is 0 Å². The fraction of sp³-hybridized carbons (Fsp3) is 0.200. The van der Waals surface area contributed by atoms with Gasteiger partial charge in [-0.15, -0.1) is 0 Å². The number of nitrogens with one attached hydrogen (secondary N) is 3. The third kappa shape index (κ3) is 3.85. The minimum absolute atomic E-state index is 0.215. The number of carbonyl (C=O) groups is 2. The lowest BCUT2D eigenvalue weighted by Gasteiger charge is -2.22. The highest BCUT2D eigenvalue weighted by molar-refractivity contribution is 6.07. The summed E-state index contributed by atoms with van der Waals surface area (Å²) in [6, 6.07) is 8.89. The molecule has 29 heavy (non-hydrogen) atoms. The number of rotatable bonds is 5. The first kappa shape index (κ1) is 18.8. The van der Waals surface area contributed by atoms with Crippen LogP contribution in [-0.4, -0.2) is 40.9 Å². The van der Waals surface area contributed by atoms with Gasteiger partial charge in [0, 0.05) is 36.0 Å². The van der Waals surface area contributed by atoms with Crippen LogP contribution in [0.4, 0.5) is 15.8 Å². The van der Waals surface area contributed by atoms with Gasteiger partial charge < -0.3 is 21.7 Å². The lowest BCUT2D eigenvalue weighted by atomic mass is 10.0. The van der Waals surface area contributed by atoms with E-state index in [0.29, 0.717) is 40.9 Å². The van der Waals surface area contributed by atoms with Gasteiger partial charge in [0.05, 0.1) is 23.0 Å². The Morgan fingerprint density at radius 2 is 2.07 bits per heavy atom. The molecule has 1 aromatic heterocycles. The minimum Gasteiger partial charge on any atom is -0.380 e. The molecular formula is C20H19FN6O2. The average molecular weight is 394 g/mol. The monoisotopic (exact) mass is 394 g/mol. The van der Waals surface area contributed by atoms with Crippen LogP contribution >= 0.6 is 0 Å². The molecule has 0 aliphatic carbocycles. The molecule has 1 fully saturated rings. The zero-order chi connectivity index (χ0) is 20.4. The highest BCUT2D eigenvalue weighted by Gasteiger charge is 2.33. The lowest BCUT2D eigenvalue weighted by Crippen LogP contribution is -2.36. The number of nitrogens with zero attached hydrogens (tertiary/aromatic N) is 2. The molecule has 0 bridgehead atoms. The van der Waals surface area contributed by atoms with E-state index in [1.165, 1.54) is 18.5 Å². The number of halogens is 1. The second kappa shape index (κ2) is 7.80. The van der Waals surface area contributed by atoms with E-state index in [-0.39, 0.29) is 17.9 Å². The number of aromatic nitrogens is 2. The first-order valence-electron chi connectivity index (χ1n) is 9.09. The lowest BCUT2D eigenvalue weighted by molar-refractivity contribution is -0.119. The summed E-state index contributed by atoms with van der Waals surface area (Å²) in [4.78, 5) is 32.6. The SMILES string of the molecule is NC(=O)c1ccc(NC2CNCC2C(=O)Nc2cccc(F)c2)c2cncnc12. The maximum Gasteiger partial charge on any atom is 0.250 e. The number of benzene rings is 2. The summed E-state index contributed by atoms with van der Waals surface area (Å²) in [5.41, 5.74) is 7.29. The Hall–Kier alpha value is -3.59. The van der Waals surface area contributed by atoms with Crippen LogP contribution in [0.25, 0.3) is 10.9 Å². The minimum atomic E-state index is -0.574. The number of fused-ring (bicyclic) bond motifs is 1. The van der Waals surface area contributed by atoms with Crippen molar-refractivity contribution in [2.75, 3.05) is 23.7 Å². The quantitative estimate of drug-likeness (QED) is 0.520. The van der Waals surface area contributed by atoms with Gasteiger partial charge in [-0.2, -0.15) is 0 Å². The van der Waals surface area contributed by atoms with Gasteiger partial charge in [0.15, 0.2) is 0 Å². The number of carbonyl (C=O) groups excluding carboxylic acids is 2. The van der Waals surface area contributed by atoms with Crippen LogP contribution in [0.5, 0.6) is 0 Å². The molecule has 2 amide bonds. The van der Waals surface area contributed by atoms with Crippen molar-refractivity contribution in [3.8, 4) is 0 Å². The zero-order valence-electron chi connectivity index (χ0n) is 15.4. The number of nitrogens with two attached hydrogens (primary N) is 1. The van der Waals surface area contributed by atoms with Gasteiger partial charge in [-0.3, -0.25) is 9.59 Å². The van der Waals surface area contributed by atoms with Gasteiger partial charge in [0.1, 0.15) is 12.1 Å². The molecule has 2 unspecified atom stereocenters. The summed E-state index contributed by atoms with van der Waals surface area (Å²) in [7, 11) is 0. The van der Waals surface area contributed by atoms with Gasteiger partial charge >= 0.3 is 0 Å². The Balaban J connectivity index is 1.57. The highest BCUT2D eigenvalue weighted by Crippen LogP contribution is 2.27. The van der Waals surface area contributed by atoms with Crippen molar-refractivity contribution in [2.45, 2.75) is 6.04 Å². The van der Waals surface area contributed by atoms with E-state index in [1.54, 1.807) is 30.5 Å². The number of hydrogen-bond acceptors (Lipinski definition) is 6. The maximum absolute atomic E-state index is 13.4. The first-order chi connectivity index (χ1) is 14.0. The van der Waals surface area contributed by atoms with Crippen LogP contribution in [0, 0.1) is 11.7 Å². The predicted octanol–water partition coefficient (Wildman–Crippen LogP) is 1.51. The van der Waals surface area contributed by atoms with Crippen LogP contribution in [0.1, 0.15) is 10.4 Å². The van der Waals surface area contributed by atoms with Crippen molar-refractivity contribution < 1.29 is 14.0 Å². The molecule has 148 valence electrons. The molecule has 2 atom stereocenters. The van der Waals surface area contributed by atoms with Crippen molar-refractivity contribution in [1.29, 1.82) is 0 Å². The van der Waals surface area contributed by atoms with E-state index in [0.717, 1.165) is 0 Å². The summed E-state index contributed by atoms with van der Waals surface area (Å²) in [5, 5.41) is 9.94. The largest absolute Gasteiger partial charge is 0.380 e. The molecule has 3 aromatic rings. The van der Waals surface area contributed by atoms with Crippen LogP contribution in [0.3, 0.4) is 0 Å². The van der Waals surface area contributed by atoms with E-state index in [1.807, 2.05) is 0 Å². The van der Waals surface area contributed by atoms with E-state index in [2.05, 4.69) is 25.9 Å². The van der Waals surface area contributed by atoms with E-state index in [9.17, 15) is 14.0 Å². The van der Waals surface area contributed by atoms with E-state index in [4.69, 9.17) is 5.73 Å². The van der Waals surface area contributed by atoms with Crippen molar-refractivity contribution in [2.24, 2.45) is 11.7 Å². The van der Waals surface area contributed by atoms with Crippen LogP contribution in [0.2, 0.25) is 0 Å². The summed E-state index contributed by atoms with van der Waals surface area (Å²) < 4.78 is 13.4. The Morgan fingerprint density at radius 1 is 1.21 bits per heavy atom. The molecule has 0 saturated carbocycles. The highest BCUT2D eigenvalue weighted by atomic mass is 19.1. The van der Waals surface area contributed by atoms with Gasteiger partial charge in [-0.1, -0.05) is 6.07 Å². The summed E-state index contributed by atoms with van der Waals surface area (Å²) in [6.45, 7) is 1.04. The third-order valence-electron chi connectivity index (χ3n) is 4.92. The normalized spacial score (nSPS) is 18.5. The Bertz CT molecular complexity index is 1090. The van der Waals surface area contributed by atoms with E-state index < -0.39 is 11.7 Å². The first-order valence-corrected chi connectivity index (χ1v) is 9.09. The molecule has 0 spiro atoms. The molecule has 1 aliphatic heterocycles. The number of anilines is 2. The summed E-state index contributed by atoms with van der Waals surface area (Å²) >= 11 is 0. The molecule has 2 aromatic carbocycles. The Kier molecular flexibility index (Phi) is 5.05. The zero-order valence-corrected chi connectivity index (χ0v) is 15.4. The smallest absolute Gasteiger partial charge is 0.250 e. The van der Waals surface area contributed by atoms with Crippen molar-refractivity contribution in [1.82, 2.24) is 15.3 Å². The topological polar surface area (TPSA) is 122 Å². The fourth-order valence-corrected chi connectivity index (χ4v) is 3.51. The fourth-order valence-electron chi connectivity index (χ4n) is 3.51. The molecule has 4 rings (SSSR count). The van der Waals surface area contributed by atoms with Crippen molar-refractivity contribution >= 4 is 34.1 Å². The molecule has 2 heterocycles. The molecule has 1 saturated heterocycles. The van der Waals surface area contributed by atoms with Crippen LogP contribution in [-0.2, 0) is 4.79 Å². The van der Waals surface area contributed by atoms with Gasteiger partial charge in [0.2, 0.25) is 5.91 Å². The Morgan fingerprint density at radius 3 is 2.86 bits per heavy atom. The van der Waals surface area contributed by atoms with Crippen molar-refractivity contribution in [3.63, 3.8) is 0 Å². The molecule has 1 aliphatic rings. The summed E-state index contributed by atoms with van der Waals surface area (Å²) in [5.74, 6) is -1.58.